The summed E-state index contributed by atoms with van der Waals surface area (Å²) in [6.07, 6.45) is 4.89. The molecular formula is C12H21N3O. The number of hydrogen-bond acceptors (Lipinski definition) is 4. The van der Waals surface area contributed by atoms with E-state index in [1.54, 1.807) is 13.3 Å². The van der Waals surface area contributed by atoms with Crippen LogP contribution in [0.15, 0.2) is 12.3 Å². The molecule has 0 fully saturated rings. The molecule has 1 atom stereocenters. The van der Waals surface area contributed by atoms with Gasteiger partial charge in [0.2, 0.25) is 0 Å². The molecule has 90 valence electrons. The summed E-state index contributed by atoms with van der Waals surface area (Å²) in [7, 11) is 1.70. The molecule has 16 heavy (non-hydrogen) atoms. The van der Waals surface area contributed by atoms with Gasteiger partial charge in [-0.1, -0.05) is 20.3 Å². The van der Waals surface area contributed by atoms with Gasteiger partial charge in [-0.2, -0.15) is 0 Å². The Morgan fingerprint density at radius 1 is 1.38 bits per heavy atom. The number of methoxy groups -OCH3 is 1. The Labute approximate surface area is 97.5 Å². The number of rotatable bonds is 7. The second kappa shape index (κ2) is 7.17. The molecule has 0 aliphatic rings. The third kappa shape index (κ3) is 3.77. The highest BCUT2D eigenvalue weighted by atomic mass is 16.5. The van der Waals surface area contributed by atoms with E-state index in [0.717, 1.165) is 37.4 Å². The first-order valence-corrected chi connectivity index (χ1v) is 5.91. The van der Waals surface area contributed by atoms with Crippen molar-refractivity contribution >= 4 is 5.82 Å². The largest absolute Gasteiger partial charge is 0.373 e. The van der Waals surface area contributed by atoms with Crippen LogP contribution in [0.4, 0.5) is 5.82 Å². The lowest BCUT2D eigenvalue weighted by atomic mass is 10.2. The zero-order chi connectivity index (χ0) is 11.8. The molecule has 0 aromatic carbocycles. The van der Waals surface area contributed by atoms with Crippen molar-refractivity contribution in [3.05, 3.63) is 18.1 Å². The van der Waals surface area contributed by atoms with Crippen LogP contribution in [0.25, 0.3) is 0 Å². The Morgan fingerprint density at radius 3 is 2.81 bits per heavy atom. The van der Waals surface area contributed by atoms with E-state index in [4.69, 9.17) is 4.74 Å². The summed E-state index contributed by atoms with van der Waals surface area (Å²) in [6.45, 7) is 5.19. The minimum absolute atomic E-state index is 0.00776. The van der Waals surface area contributed by atoms with Gasteiger partial charge in [0.05, 0.1) is 0 Å². The fourth-order valence-electron chi connectivity index (χ4n) is 1.49. The molecule has 1 aromatic rings. The molecule has 1 aromatic heterocycles. The average Bonchev–Trinajstić information content (AvgIpc) is 2.33. The number of hydrogen-bond donors (Lipinski definition) is 1. The Kier molecular flexibility index (Phi) is 5.78. The van der Waals surface area contributed by atoms with Gasteiger partial charge < -0.3 is 10.1 Å². The molecule has 1 N–H and O–H groups in total. The zero-order valence-electron chi connectivity index (χ0n) is 10.4. The third-order valence-corrected chi connectivity index (χ3v) is 2.35. The van der Waals surface area contributed by atoms with E-state index in [2.05, 4.69) is 29.1 Å². The maximum absolute atomic E-state index is 5.38. The van der Waals surface area contributed by atoms with Crippen molar-refractivity contribution in [1.29, 1.82) is 0 Å². The summed E-state index contributed by atoms with van der Waals surface area (Å²) in [5, 5.41) is 3.25. The van der Waals surface area contributed by atoms with E-state index >= 15 is 0 Å². The first-order chi connectivity index (χ1) is 7.81. The molecule has 0 saturated heterocycles. The quantitative estimate of drug-likeness (QED) is 0.772. The first kappa shape index (κ1) is 12.9. The van der Waals surface area contributed by atoms with Crippen LogP contribution in [-0.4, -0.2) is 23.6 Å². The van der Waals surface area contributed by atoms with Crippen molar-refractivity contribution < 1.29 is 4.74 Å². The first-order valence-electron chi connectivity index (χ1n) is 5.91. The van der Waals surface area contributed by atoms with Crippen LogP contribution in [0, 0.1) is 0 Å². The van der Waals surface area contributed by atoms with Crippen molar-refractivity contribution in [2.45, 2.75) is 39.2 Å². The van der Waals surface area contributed by atoms with E-state index in [1.165, 1.54) is 0 Å². The van der Waals surface area contributed by atoms with Crippen LogP contribution in [0.3, 0.4) is 0 Å². The molecule has 1 unspecified atom stereocenters. The van der Waals surface area contributed by atoms with Gasteiger partial charge in [0.15, 0.2) is 5.82 Å². The van der Waals surface area contributed by atoms with Crippen LogP contribution in [0.1, 0.15) is 45.0 Å². The predicted octanol–water partition coefficient (Wildman–Crippen LogP) is 2.79. The SMILES string of the molecule is CCCNc1ccnc(C(CCC)OC)n1. The highest BCUT2D eigenvalue weighted by Crippen LogP contribution is 2.19. The van der Waals surface area contributed by atoms with Crippen LogP contribution in [-0.2, 0) is 4.74 Å². The number of ether oxygens (including phenoxy) is 1. The van der Waals surface area contributed by atoms with Gasteiger partial charge in [0.1, 0.15) is 11.9 Å². The van der Waals surface area contributed by atoms with Gasteiger partial charge in [-0.25, -0.2) is 9.97 Å². The Balaban J connectivity index is 2.71. The fraction of sp³-hybridized carbons (Fsp3) is 0.667. The summed E-state index contributed by atoms with van der Waals surface area (Å²) >= 11 is 0. The highest BCUT2D eigenvalue weighted by Gasteiger charge is 2.12. The molecule has 0 aliphatic carbocycles. The number of nitrogens with one attached hydrogen (secondary N) is 1. The maximum atomic E-state index is 5.38. The average molecular weight is 223 g/mol. The standard InChI is InChI=1S/C12H21N3O/c1-4-6-10(16-3)12-14-9-7-11(15-12)13-8-5-2/h7,9-10H,4-6,8H2,1-3H3,(H,13,14,15). The monoisotopic (exact) mass is 223 g/mol. The highest BCUT2D eigenvalue weighted by molar-refractivity contribution is 5.32. The van der Waals surface area contributed by atoms with Crippen molar-refractivity contribution in [1.82, 2.24) is 9.97 Å². The van der Waals surface area contributed by atoms with Crippen LogP contribution >= 0.6 is 0 Å². The lowest BCUT2D eigenvalue weighted by molar-refractivity contribution is 0.0877. The summed E-state index contributed by atoms with van der Waals surface area (Å²) in [5.74, 6) is 1.65. The fourth-order valence-corrected chi connectivity index (χ4v) is 1.49. The van der Waals surface area contributed by atoms with Gasteiger partial charge in [-0.3, -0.25) is 0 Å². The van der Waals surface area contributed by atoms with E-state index in [9.17, 15) is 0 Å². The molecule has 0 saturated carbocycles. The summed E-state index contributed by atoms with van der Waals surface area (Å²) in [5.41, 5.74) is 0. The third-order valence-electron chi connectivity index (χ3n) is 2.35. The maximum Gasteiger partial charge on any atom is 0.159 e. The summed E-state index contributed by atoms with van der Waals surface area (Å²) < 4.78 is 5.38. The number of aromatic nitrogens is 2. The molecule has 0 spiro atoms. The minimum atomic E-state index is 0.00776. The van der Waals surface area contributed by atoms with Crippen molar-refractivity contribution in [2.24, 2.45) is 0 Å². The second-order valence-corrected chi connectivity index (χ2v) is 3.74. The Bertz CT molecular complexity index is 304. The zero-order valence-corrected chi connectivity index (χ0v) is 10.4. The minimum Gasteiger partial charge on any atom is -0.373 e. The van der Waals surface area contributed by atoms with Gasteiger partial charge in [0.25, 0.3) is 0 Å². The van der Waals surface area contributed by atoms with Gasteiger partial charge in [-0.15, -0.1) is 0 Å². The Hall–Kier alpha value is -1.16. The smallest absolute Gasteiger partial charge is 0.159 e. The molecule has 0 aliphatic heterocycles. The lowest BCUT2D eigenvalue weighted by Gasteiger charge is -2.13. The van der Waals surface area contributed by atoms with Gasteiger partial charge in [0, 0.05) is 19.9 Å². The summed E-state index contributed by atoms with van der Waals surface area (Å²) in [4.78, 5) is 8.71. The Morgan fingerprint density at radius 2 is 2.19 bits per heavy atom. The lowest BCUT2D eigenvalue weighted by Crippen LogP contribution is -2.09. The van der Waals surface area contributed by atoms with E-state index < -0.39 is 0 Å². The molecule has 0 amide bonds. The molecule has 0 bridgehead atoms. The normalized spacial score (nSPS) is 12.4. The predicted molar refractivity (Wildman–Crippen MR) is 65.5 cm³/mol. The summed E-state index contributed by atoms with van der Waals surface area (Å²) in [6, 6.07) is 1.89. The molecule has 1 heterocycles. The van der Waals surface area contributed by atoms with Crippen molar-refractivity contribution in [3.8, 4) is 0 Å². The van der Waals surface area contributed by atoms with Crippen LogP contribution < -0.4 is 5.32 Å². The van der Waals surface area contributed by atoms with E-state index in [0.29, 0.717) is 0 Å². The number of nitrogens with zero attached hydrogens (tertiary/aromatic N) is 2. The second-order valence-electron chi connectivity index (χ2n) is 3.74. The van der Waals surface area contributed by atoms with Crippen molar-refractivity contribution in [3.63, 3.8) is 0 Å². The molecular weight excluding hydrogens is 202 g/mol. The number of anilines is 1. The molecule has 0 radical (unpaired) electrons. The van der Waals surface area contributed by atoms with Crippen LogP contribution in [0.5, 0.6) is 0 Å². The van der Waals surface area contributed by atoms with Crippen LogP contribution in [0.2, 0.25) is 0 Å². The van der Waals surface area contributed by atoms with Gasteiger partial charge in [-0.05, 0) is 18.9 Å². The molecule has 4 nitrogen and oxygen atoms in total. The van der Waals surface area contributed by atoms with E-state index in [1.807, 2.05) is 6.07 Å². The van der Waals surface area contributed by atoms with Crippen molar-refractivity contribution in [2.75, 3.05) is 19.0 Å². The van der Waals surface area contributed by atoms with E-state index in [-0.39, 0.29) is 6.10 Å². The topological polar surface area (TPSA) is 47.0 Å². The van der Waals surface area contributed by atoms with Gasteiger partial charge >= 0.3 is 0 Å². The molecule has 1 rings (SSSR count). The molecule has 4 heteroatoms.